The molecule has 0 amide bonds. The zero-order chi connectivity index (χ0) is 18.9. The largest absolute Gasteiger partial charge is 0.481 e. The number of esters is 1. The van der Waals surface area contributed by atoms with E-state index in [-0.39, 0.29) is 34.2 Å². The summed E-state index contributed by atoms with van der Waals surface area (Å²) in [5, 5.41) is 9.70. The number of carboxylic acid groups (broad SMARTS) is 1. The first-order valence-corrected chi connectivity index (χ1v) is 10.5. The maximum Gasteiger partial charge on any atom is 0.306 e. The highest BCUT2D eigenvalue weighted by Gasteiger charge is 2.66. The first kappa shape index (κ1) is 18.3. The molecule has 2 bridgehead atoms. The number of hydrogen-bond acceptors (Lipinski definition) is 3. The molecule has 7 atom stereocenters. The van der Waals surface area contributed by atoms with Gasteiger partial charge in [0.25, 0.3) is 0 Å². The minimum Gasteiger partial charge on any atom is -0.481 e. The van der Waals surface area contributed by atoms with Crippen molar-refractivity contribution in [3.8, 4) is 0 Å². The van der Waals surface area contributed by atoms with E-state index in [0.29, 0.717) is 17.8 Å². The fourth-order valence-electron chi connectivity index (χ4n) is 8.35. The van der Waals surface area contributed by atoms with E-state index in [1.807, 2.05) is 0 Å². The maximum absolute atomic E-state index is 11.8. The minimum absolute atomic E-state index is 0.0120. The number of carbonyl (C=O) groups excluding carboxylic acids is 1. The van der Waals surface area contributed by atoms with E-state index < -0.39 is 5.97 Å². The Morgan fingerprint density at radius 2 is 1.69 bits per heavy atom. The van der Waals surface area contributed by atoms with E-state index in [0.717, 1.165) is 44.9 Å². The average Bonchev–Trinajstić information content (AvgIpc) is 2.81. The van der Waals surface area contributed by atoms with Crippen LogP contribution in [0.3, 0.4) is 0 Å². The van der Waals surface area contributed by atoms with Gasteiger partial charge in [-0.3, -0.25) is 9.59 Å². The lowest BCUT2D eigenvalue weighted by Gasteiger charge is -2.65. The molecule has 0 aromatic carbocycles. The summed E-state index contributed by atoms with van der Waals surface area (Å²) in [4.78, 5) is 23.4. The summed E-state index contributed by atoms with van der Waals surface area (Å²) in [7, 11) is 0. The Kier molecular flexibility index (Phi) is 4.03. The summed E-state index contributed by atoms with van der Waals surface area (Å²) in [5.41, 5.74) is 0.486. The molecule has 4 rings (SSSR count). The molecule has 1 spiro atoms. The van der Waals surface area contributed by atoms with Crippen LogP contribution in [0.1, 0.15) is 79.1 Å². The van der Waals surface area contributed by atoms with Gasteiger partial charge in [-0.1, -0.05) is 20.8 Å². The Morgan fingerprint density at radius 3 is 2.35 bits per heavy atom. The van der Waals surface area contributed by atoms with Gasteiger partial charge in [-0.15, -0.1) is 0 Å². The summed E-state index contributed by atoms with van der Waals surface area (Å²) < 4.78 is 5.73. The van der Waals surface area contributed by atoms with Crippen molar-refractivity contribution in [2.75, 3.05) is 0 Å². The van der Waals surface area contributed by atoms with Crippen LogP contribution in [0.15, 0.2) is 0 Å². The van der Waals surface area contributed by atoms with E-state index in [4.69, 9.17) is 4.74 Å². The van der Waals surface area contributed by atoms with Crippen LogP contribution < -0.4 is 0 Å². The van der Waals surface area contributed by atoms with Crippen LogP contribution >= 0.6 is 0 Å². The summed E-state index contributed by atoms with van der Waals surface area (Å²) in [5.74, 6) is 0.717. The van der Waals surface area contributed by atoms with Crippen molar-refractivity contribution in [3.05, 3.63) is 0 Å². The van der Waals surface area contributed by atoms with Gasteiger partial charge in [0.15, 0.2) is 0 Å². The van der Waals surface area contributed by atoms with E-state index in [1.165, 1.54) is 13.3 Å². The lowest BCUT2D eigenvalue weighted by Crippen LogP contribution is -2.59. The molecule has 4 saturated carbocycles. The third kappa shape index (κ3) is 2.39. The van der Waals surface area contributed by atoms with Crippen molar-refractivity contribution in [3.63, 3.8) is 0 Å². The maximum atomic E-state index is 11.8. The second-order valence-corrected chi connectivity index (χ2v) is 10.7. The molecule has 1 N–H and O–H groups in total. The molecular weight excluding hydrogens is 328 g/mol. The SMILES string of the molecule is CC(=O)OC1CCC2(C)C3CCC4CC3(CCC2C1(C)C)CC4C(=O)O. The van der Waals surface area contributed by atoms with Crippen molar-refractivity contribution in [1.29, 1.82) is 0 Å². The Balaban J connectivity index is 1.64. The highest BCUT2D eigenvalue weighted by molar-refractivity contribution is 5.71. The number of ether oxygens (including phenoxy) is 1. The fraction of sp³-hybridized carbons (Fsp3) is 0.909. The highest BCUT2D eigenvalue weighted by atomic mass is 16.5. The second kappa shape index (κ2) is 5.72. The molecule has 26 heavy (non-hydrogen) atoms. The van der Waals surface area contributed by atoms with Crippen molar-refractivity contribution >= 4 is 11.9 Å². The van der Waals surface area contributed by atoms with Gasteiger partial charge in [0.05, 0.1) is 5.92 Å². The lowest BCUT2D eigenvalue weighted by molar-refractivity contribution is -0.197. The van der Waals surface area contributed by atoms with Crippen molar-refractivity contribution in [1.82, 2.24) is 0 Å². The standard InChI is InChI=1S/C22H34O4/c1-13(23)26-18-8-9-21(4)16(20(18,2)3)7-10-22-11-14(5-6-17(21)22)15(12-22)19(24)25/h14-18H,5-12H2,1-4H3,(H,24,25). The Bertz CT molecular complexity index is 626. The van der Waals surface area contributed by atoms with Crippen molar-refractivity contribution < 1.29 is 19.4 Å². The molecule has 4 aliphatic carbocycles. The first-order chi connectivity index (χ1) is 12.1. The topological polar surface area (TPSA) is 63.6 Å². The zero-order valence-electron chi connectivity index (χ0n) is 16.7. The molecule has 4 nitrogen and oxygen atoms in total. The molecule has 0 aliphatic heterocycles. The van der Waals surface area contributed by atoms with Gasteiger partial charge in [-0.25, -0.2) is 0 Å². The van der Waals surface area contributed by atoms with Crippen molar-refractivity contribution in [2.24, 2.45) is 39.9 Å². The quantitative estimate of drug-likeness (QED) is 0.726. The predicted octanol–water partition coefficient (Wildman–Crippen LogP) is 4.66. The van der Waals surface area contributed by atoms with Gasteiger partial charge in [-0.2, -0.15) is 0 Å². The molecule has 0 aromatic heterocycles. The molecule has 0 saturated heterocycles. The number of hydrogen-bond donors (Lipinski definition) is 1. The van der Waals surface area contributed by atoms with Gasteiger partial charge in [0, 0.05) is 12.3 Å². The number of carboxylic acids is 1. The molecule has 4 fully saturated rings. The van der Waals surface area contributed by atoms with Crippen LogP contribution in [0, 0.1) is 39.9 Å². The van der Waals surface area contributed by atoms with Gasteiger partial charge in [0.1, 0.15) is 6.10 Å². The Morgan fingerprint density at radius 1 is 0.962 bits per heavy atom. The molecule has 4 aliphatic rings. The first-order valence-electron chi connectivity index (χ1n) is 10.5. The van der Waals surface area contributed by atoms with Gasteiger partial charge in [-0.05, 0) is 80.0 Å². The smallest absolute Gasteiger partial charge is 0.306 e. The number of rotatable bonds is 2. The summed E-state index contributed by atoms with van der Waals surface area (Å²) in [6, 6.07) is 0. The zero-order valence-corrected chi connectivity index (χ0v) is 16.7. The van der Waals surface area contributed by atoms with E-state index in [1.54, 1.807) is 0 Å². The lowest BCUT2D eigenvalue weighted by atomic mass is 9.41. The molecule has 0 aromatic rings. The number of aliphatic carboxylic acids is 1. The predicted molar refractivity (Wildman–Crippen MR) is 98.4 cm³/mol. The van der Waals surface area contributed by atoms with Crippen LogP contribution in [-0.2, 0) is 14.3 Å². The highest BCUT2D eigenvalue weighted by Crippen LogP contribution is 2.72. The number of fused-ring (bicyclic) bond motifs is 3. The molecule has 146 valence electrons. The third-order valence-electron chi connectivity index (χ3n) is 9.25. The summed E-state index contributed by atoms with van der Waals surface area (Å²) in [6.45, 7) is 8.58. The monoisotopic (exact) mass is 362 g/mol. The molecule has 7 unspecified atom stereocenters. The normalized spacial score (nSPS) is 49.0. The van der Waals surface area contributed by atoms with Gasteiger partial charge in [0.2, 0.25) is 0 Å². The average molecular weight is 363 g/mol. The Labute approximate surface area is 157 Å². The van der Waals surface area contributed by atoms with E-state index in [9.17, 15) is 14.7 Å². The number of carbonyl (C=O) groups is 2. The van der Waals surface area contributed by atoms with Crippen LogP contribution in [0.25, 0.3) is 0 Å². The third-order valence-corrected chi connectivity index (χ3v) is 9.25. The molecule has 4 heteroatoms. The van der Waals surface area contributed by atoms with Crippen LogP contribution in [0.2, 0.25) is 0 Å². The van der Waals surface area contributed by atoms with Gasteiger partial charge >= 0.3 is 11.9 Å². The molecular formula is C22H34O4. The summed E-state index contributed by atoms with van der Waals surface area (Å²) in [6.07, 6.45) is 8.67. The van der Waals surface area contributed by atoms with Crippen molar-refractivity contribution in [2.45, 2.75) is 85.2 Å². The van der Waals surface area contributed by atoms with Crippen LogP contribution in [0.4, 0.5) is 0 Å². The summed E-state index contributed by atoms with van der Waals surface area (Å²) >= 11 is 0. The molecule has 0 heterocycles. The van der Waals surface area contributed by atoms with Crippen LogP contribution in [-0.4, -0.2) is 23.1 Å². The van der Waals surface area contributed by atoms with E-state index in [2.05, 4.69) is 20.8 Å². The Hall–Kier alpha value is -1.06. The minimum atomic E-state index is -0.571. The van der Waals surface area contributed by atoms with Gasteiger partial charge < -0.3 is 9.84 Å². The van der Waals surface area contributed by atoms with Crippen LogP contribution in [0.5, 0.6) is 0 Å². The fourth-order valence-corrected chi connectivity index (χ4v) is 8.35. The van der Waals surface area contributed by atoms with E-state index >= 15 is 0 Å². The second-order valence-electron chi connectivity index (χ2n) is 10.7. The molecule has 0 radical (unpaired) electrons.